The summed E-state index contributed by atoms with van der Waals surface area (Å²) >= 11 is 29.2. The van der Waals surface area contributed by atoms with Gasteiger partial charge in [0.25, 0.3) is 22.3 Å². The van der Waals surface area contributed by atoms with Crippen molar-refractivity contribution in [2.75, 3.05) is 52.4 Å². The molecule has 3 atom stereocenters. The van der Waals surface area contributed by atoms with E-state index in [-0.39, 0.29) is 76.2 Å². The number of ether oxygens (including phenoxy) is 3. The molecule has 470 valence electrons. The molecule has 0 aliphatic carbocycles. The number of fused-ring (bicyclic) bond motifs is 9. The predicted octanol–water partition coefficient (Wildman–Crippen LogP) is 11.1. The van der Waals surface area contributed by atoms with Crippen molar-refractivity contribution in [1.29, 1.82) is 0 Å². The van der Waals surface area contributed by atoms with Crippen LogP contribution in [0.5, 0.6) is 17.2 Å². The van der Waals surface area contributed by atoms with Crippen LogP contribution in [0.1, 0.15) is 118 Å². The Morgan fingerprint density at radius 1 is 0.473 bits per heavy atom. The number of esters is 3. The van der Waals surface area contributed by atoms with E-state index in [1.807, 2.05) is 78.9 Å². The van der Waals surface area contributed by atoms with Crippen LogP contribution in [0.2, 0.25) is 0 Å². The highest BCUT2D eigenvalue weighted by molar-refractivity contribution is 6.68. The average molecular weight is 1340 g/mol. The van der Waals surface area contributed by atoms with Gasteiger partial charge in [-0.2, -0.15) is 15.3 Å². The van der Waals surface area contributed by atoms with Crippen LogP contribution in [-0.2, 0) is 35.5 Å². The second-order valence-electron chi connectivity index (χ2n) is 20.9. The summed E-state index contributed by atoms with van der Waals surface area (Å²) in [5.74, 6) is -2.18. The van der Waals surface area contributed by atoms with Crippen molar-refractivity contribution < 1.29 is 67.6 Å². The van der Waals surface area contributed by atoms with Crippen LogP contribution in [0.15, 0.2) is 109 Å². The topological polar surface area (TPSA) is 294 Å². The summed E-state index contributed by atoms with van der Waals surface area (Å²) in [6.07, 6.45) is 0. The van der Waals surface area contributed by atoms with Crippen molar-refractivity contribution in [1.82, 2.24) is 29.3 Å². The Labute approximate surface area is 542 Å². The molecule has 3 aliphatic rings. The van der Waals surface area contributed by atoms with E-state index in [1.165, 1.54) is 61.9 Å². The lowest BCUT2D eigenvalue weighted by atomic mass is 9.95. The third kappa shape index (κ3) is 13.7. The minimum Gasteiger partial charge on any atom is -0.477 e. The highest BCUT2D eigenvalue weighted by Crippen LogP contribution is 2.48. The number of hydrogen-bond acceptors (Lipinski definition) is 16. The van der Waals surface area contributed by atoms with E-state index in [1.54, 1.807) is 29.0 Å². The molecule has 6 aromatic carbocycles. The molecule has 0 fully saturated rings. The highest BCUT2D eigenvalue weighted by atomic mass is 35.5. The number of aromatic carboxylic acids is 2. The molecule has 28 heteroatoms. The zero-order chi connectivity index (χ0) is 65.9. The number of benzene rings is 6. The molecule has 0 unspecified atom stereocenters. The van der Waals surface area contributed by atoms with Crippen LogP contribution in [0.4, 0.5) is 17.1 Å². The molecule has 23 nitrogen and oxygen atoms in total. The molecule has 0 spiro atoms. The van der Waals surface area contributed by atoms with Crippen molar-refractivity contribution in [3.05, 3.63) is 160 Å². The van der Waals surface area contributed by atoms with Gasteiger partial charge >= 0.3 is 29.8 Å². The van der Waals surface area contributed by atoms with Crippen molar-refractivity contribution >= 4 is 160 Å². The van der Waals surface area contributed by atoms with Crippen LogP contribution in [-0.4, -0.2) is 129 Å². The number of carboxylic acid groups (broad SMARTS) is 2. The number of nitrogens with zero attached hydrogens (tertiary/aromatic N) is 8. The average Bonchev–Trinajstić information content (AvgIpc) is 1.63. The highest BCUT2D eigenvalue weighted by Gasteiger charge is 2.39. The fraction of sp³-hybridized carbons (Fsp3) is 0.238. The summed E-state index contributed by atoms with van der Waals surface area (Å²) in [7, 11) is 4.48. The smallest absolute Gasteiger partial charge is 0.356 e. The minimum atomic E-state index is -1.24. The van der Waals surface area contributed by atoms with Gasteiger partial charge in [0, 0.05) is 155 Å². The SMILES string of the molecule is CC(=O)Oc1cc2c(c3ccccc13)[C@H](CCl)CN2.CC(=O)Oc1cc2c(c3ccccc13)[C@H](CCl)CN2C(=O)c1cc(C(=O)N2C[C@@H](CCl)c3c2cc(OC(C)=O)c2ccccc32)n(C)n1.Cn1nc(C(=O)Cl)cc1C(=O)Cl.Cn1nc(C(=O)O)cc1C(=O)O. The number of rotatable bonds is 12. The lowest BCUT2D eigenvalue weighted by Gasteiger charge is -2.19. The number of carboxylic acids is 2. The maximum atomic E-state index is 14.2. The van der Waals surface area contributed by atoms with Gasteiger partial charge in [-0.15, -0.1) is 34.8 Å². The second-order valence-corrected chi connectivity index (χ2v) is 22.5. The van der Waals surface area contributed by atoms with Gasteiger partial charge in [-0.25, -0.2) is 9.59 Å². The van der Waals surface area contributed by atoms with E-state index in [0.717, 1.165) is 66.4 Å². The van der Waals surface area contributed by atoms with Gasteiger partial charge in [0.1, 0.15) is 40.0 Å². The lowest BCUT2D eigenvalue weighted by Crippen LogP contribution is -2.31. The van der Waals surface area contributed by atoms with Crippen molar-refractivity contribution in [2.45, 2.75) is 38.5 Å². The van der Waals surface area contributed by atoms with Gasteiger partial charge < -0.3 is 39.5 Å². The molecule has 9 aromatic rings. The number of nitrogens with one attached hydrogen (secondary N) is 1. The van der Waals surface area contributed by atoms with E-state index < -0.39 is 40.3 Å². The zero-order valence-electron chi connectivity index (χ0n) is 49.1. The molecule has 3 N–H and O–H groups in total. The number of halogens is 5. The summed E-state index contributed by atoms with van der Waals surface area (Å²) in [5.41, 5.74) is 5.16. The molecule has 0 bridgehead atoms. The standard InChI is InChI=1S/C36H30Cl2N4O6.C15H14ClNO2.C6H4Cl2N2O2.C6H6N2O4/c1-19(43)47-31-13-28-33(25-10-6-4-8-23(25)31)21(15-37)17-41(28)35(45)27-12-30(40(3)39-27)36(46)42-18-22(16-38)34-26-11-7-5-9-24(26)32(14-29(34)42)48-20(2)44;1-9(18)19-14-6-13-15(10(7-16)8-17-13)12-5-3-2-4-11(12)14;1-10-4(6(8)12)2-3(9-10)5(7)11;1-8-4(6(11)12)2-3(7-8)5(9)10/h4-14,21-22H,15-18H2,1-3H3;2-6,10,17H,7-8H2,1H3;2H,1H3;2H,1H3,(H,9,10)(H,11,12)/t21-,22-;10-;;/m11../s1. The van der Waals surface area contributed by atoms with Crippen molar-refractivity contribution in [2.24, 2.45) is 21.1 Å². The maximum absolute atomic E-state index is 14.2. The molecule has 0 radical (unpaired) electrons. The van der Waals surface area contributed by atoms with E-state index in [4.69, 9.17) is 82.4 Å². The van der Waals surface area contributed by atoms with E-state index in [0.29, 0.717) is 47.0 Å². The van der Waals surface area contributed by atoms with Gasteiger partial charge in [-0.05, 0) is 56.1 Å². The summed E-state index contributed by atoms with van der Waals surface area (Å²) in [5, 5.41) is 35.7. The number of amides is 2. The third-order valence-electron chi connectivity index (χ3n) is 15.0. The minimum absolute atomic E-state index is 0.0168. The first-order chi connectivity index (χ1) is 43.3. The Morgan fingerprint density at radius 2 is 0.857 bits per heavy atom. The molecule has 0 saturated carbocycles. The van der Waals surface area contributed by atoms with Crippen molar-refractivity contribution in [3.63, 3.8) is 0 Å². The number of carbonyl (C=O) groups excluding carboxylic acids is 7. The van der Waals surface area contributed by atoms with Gasteiger partial charge in [0.05, 0.1) is 11.4 Å². The lowest BCUT2D eigenvalue weighted by molar-refractivity contribution is -0.132. The first kappa shape index (κ1) is 66.0. The number of hydrogen-bond donors (Lipinski definition) is 3. The monoisotopic (exact) mass is 1340 g/mol. The number of anilines is 3. The van der Waals surface area contributed by atoms with Crippen LogP contribution >= 0.6 is 58.0 Å². The van der Waals surface area contributed by atoms with Gasteiger partial charge in [0.2, 0.25) is 0 Å². The van der Waals surface area contributed by atoms with Gasteiger partial charge in [-0.1, -0.05) is 72.8 Å². The Morgan fingerprint density at radius 3 is 1.24 bits per heavy atom. The zero-order valence-corrected chi connectivity index (χ0v) is 52.9. The van der Waals surface area contributed by atoms with E-state index in [9.17, 15) is 43.2 Å². The molecular formula is C63H54Cl5N9O14. The second kappa shape index (κ2) is 27.8. The van der Waals surface area contributed by atoms with Crippen LogP contribution < -0.4 is 29.3 Å². The first-order valence-corrected chi connectivity index (χ1v) is 30.0. The summed E-state index contributed by atoms with van der Waals surface area (Å²) in [6.45, 7) is 5.47. The number of aromatic nitrogens is 6. The fourth-order valence-corrected chi connectivity index (χ4v) is 12.2. The Balaban J connectivity index is 0.000000183. The molecular weight excluding hydrogens is 1280 g/mol. The summed E-state index contributed by atoms with van der Waals surface area (Å²) < 4.78 is 20.0. The van der Waals surface area contributed by atoms with Gasteiger partial charge in [-0.3, -0.25) is 47.6 Å². The molecule has 12 rings (SSSR count). The predicted molar refractivity (Wildman–Crippen MR) is 342 cm³/mol. The Hall–Kier alpha value is -9.39. The number of aryl methyl sites for hydroxylation is 3. The van der Waals surface area contributed by atoms with Crippen molar-refractivity contribution in [3.8, 4) is 17.2 Å². The third-order valence-corrected chi connectivity index (χ3v) is 16.5. The quantitative estimate of drug-likeness (QED) is 0.0443. The van der Waals surface area contributed by atoms with E-state index >= 15 is 0 Å². The molecule has 3 aromatic heterocycles. The molecule has 6 heterocycles. The van der Waals surface area contributed by atoms with Crippen LogP contribution in [0.3, 0.4) is 0 Å². The Bertz CT molecular complexity index is 4400. The van der Waals surface area contributed by atoms with Crippen LogP contribution in [0.25, 0.3) is 32.3 Å². The van der Waals surface area contributed by atoms with Gasteiger partial charge in [0.15, 0.2) is 11.4 Å². The number of alkyl halides is 3. The largest absolute Gasteiger partial charge is 0.477 e. The molecule has 2 amide bonds. The fourth-order valence-electron chi connectivity index (χ4n) is 11.2. The molecule has 3 aliphatic heterocycles. The first-order valence-electron chi connectivity index (χ1n) is 27.6. The maximum Gasteiger partial charge on any atom is 0.356 e. The molecule has 0 saturated heterocycles. The van der Waals surface area contributed by atoms with E-state index in [2.05, 4.69) is 20.6 Å². The van der Waals surface area contributed by atoms with Crippen LogP contribution in [0, 0.1) is 0 Å². The normalized spacial score (nSPS) is 15.0. The molecule has 91 heavy (non-hydrogen) atoms. The summed E-state index contributed by atoms with van der Waals surface area (Å²) in [6, 6.07) is 32.0. The summed E-state index contributed by atoms with van der Waals surface area (Å²) in [4.78, 5) is 109. The number of carbonyl (C=O) groups is 9. The Kier molecular flexibility index (Phi) is 20.2.